The molecule has 1 aliphatic carbocycles. The molecule has 0 unspecified atom stereocenters. The van der Waals surface area contributed by atoms with E-state index in [2.05, 4.69) is 0 Å². The van der Waals surface area contributed by atoms with E-state index in [0.717, 1.165) is 5.56 Å². The number of ether oxygens (including phenoxy) is 1. The molecule has 1 heterocycles. The van der Waals surface area contributed by atoms with Crippen LogP contribution in [-0.2, 0) is 14.6 Å². The fraction of sp³-hybridized carbons (Fsp3) is 0.591. The number of carbonyl (C=O) groups excluding carboxylic acids is 1. The highest BCUT2D eigenvalue weighted by Crippen LogP contribution is 2.55. The summed E-state index contributed by atoms with van der Waals surface area (Å²) in [5.41, 5.74) is 0.0522. The predicted molar refractivity (Wildman–Crippen MR) is 110 cm³/mol. The molecular formula is C22H31NO4S. The van der Waals surface area contributed by atoms with Crippen LogP contribution in [0.4, 0.5) is 4.79 Å². The highest BCUT2D eigenvalue weighted by atomic mass is 32.2. The van der Waals surface area contributed by atoms with Gasteiger partial charge >= 0.3 is 6.09 Å². The lowest BCUT2D eigenvalue weighted by Gasteiger charge is -2.37. The highest BCUT2D eigenvalue weighted by Gasteiger charge is 2.66. The van der Waals surface area contributed by atoms with Gasteiger partial charge in [-0.3, -0.25) is 4.90 Å². The van der Waals surface area contributed by atoms with Gasteiger partial charge in [-0.1, -0.05) is 50.6 Å². The number of likely N-dealkylation sites (tertiary alicyclic amines) is 1. The lowest BCUT2D eigenvalue weighted by atomic mass is 9.74. The number of sulfone groups is 1. The third kappa shape index (κ3) is 3.25. The number of rotatable bonds is 2. The number of aryl methyl sites for hydroxylation is 1. The molecule has 154 valence electrons. The Morgan fingerprint density at radius 3 is 2.18 bits per heavy atom. The smallest absolute Gasteiger partial charge is 0.410 e. The largest absolute Gasteiger partial charge is 0.444 e. The summed E-state index contributed by atoms with van der Waals surface area (Å²) in [6.07, 6.45) is 3.22. The second kappa shape index (κ2) is 6.34. The summed E-state index contributed by atoms with van der Waals surface area (Å²) >= 11 is 0. The van der Waals surface area contributed by atoms with Crippen LogP contribution in [0.1, 0.15) is 47.1 Å². The molecule has 2 bridgehead atoms. The topological polar surface area (TPSA) is 63.7 Å². The minimum atomic E-state index is -3.70. The lowest BCUT2D eigenvalue weighted by Crippen LogP contribution is -2.48. The van der Waals surface area contributed by atoms with E-state index in [0.29, 0.717) is 4.90 Å². The van der Waals surface area contributed by atoms with Crippen molar-refractivity contribution in [3.8, 4) is 0 Å². The number of hydrogen-bond donors (Lipinski definition) is 0. The van der Waals surface area contributed by atoms with Crippen LogP contribution < -0.4 is 0 Å². The SMILES string of the molecule is Cc1ccc(S(=O)(=O)[C@]23C=C[C@H]([C@@H]2C(C)(C)C)N(C(=O)OC(C)(C)C)C3)cc1. The van der Waals surface area contributed by atoms with Gasteiger partial charge in [-0.15, -0.1) is 0 Å². The average Bonchev–Trinajstić information content (AvgIpc) is 3.09. The van der Waals surface area contributed by atoms with Crippen LogP contribution in [0.25, 0.3) is 0 Å². The van der Waals surface area contributed by atoms with Gasteiger partial charge in [0.05, 0.1) is 10.9 Å². The normalized spacial score (nSPS) is 27.3. The zero-order valence-corrected chi connectivity index (χ0v) is 18.6. The maximum Gasteiger partial charge on any atom is 0.410 e. The van der Waals surface area contributed by atoms with Gasteiger partial charge in [-0.2, -0.15) is 0 Å². The van der Waals surface area contributed by atoms with Crippen LogP contribution >= 0.6 is 0 Å². The molecular weight excluding hydrogens is 374 g/mol. The Kier molecular flexibility index (Phi) is 4.73. The van der Waals surface area contributed by atoms with Crippen molar-refractivity contribution < 1.29 is 17.9 Å². The fourth-order valence-corrected chi connectivity index (χ4v) is 6.93. The molecule has 1 fully saturated rings. The number of fused-ring (bicyclic) bond motifs is 2. The van der Waals surface area contributed by atoms with Crippen LogP contribution in [0.5, 0.6) is 0 Å². The van der Waals surface area contributed by atoms with Gasteiger partial charge in [0.25, 0.3) is 0 Å². The molecule has 0 N–H and O–H groups in total. The molecule has 1 saturated heterocycles. The summed E-state index contributed by atoms with van der Waals surface area (Å²) in [5, 5.41) is 0. The van der Waals surface area contributed by atoms with E-state index >= 15 is 0 Å². The van der Waals surface area contributed by atoms with Gasteiger partial charge < -0.3 is 4.74 Å². The third-order valence-electron chi connectivity index (χ3n) is 5.61. The number of carbonyl (C=O) groups is 1. The van der Waals surface area contributed by atoms with Gasteiger partial charge in [0.15, 0.2) is 9.84 Å². The first-order chi connectivity index (χ1) is 12.7. The molecule has 0 saturated carbocycles. The van der Waals surface area contributed by atoms with E-state index in [4.69, 9.17) is 4.74 Å². The average molecular weight is 406 g/mol. The Balaban J connectivity index is 2.09. The van der Waals surface area contributed by atoms with Crippen molar-refractivity contribution >= 4 is 15.9 Å². The number of benzene rings is 1. The quantitative estimate of drug-likeness (QED) is 0.686. The van der Waals surface area contributed by atoms with Gasteiger partial charge in [0, 0.05) is 12.5 Å². The molecule has 2 aliphatic rings. The predicted octanol–water partition coefficient (Wildman–Crippen LogP) is 4.36. The second-order valence-corrected chi connectivity index (χ2v) is 12.3. The van der Waals surface area contributed by atoms with E-state index in [1.165, 1.54) is 0 Å². The van der Waals surface area contributed by atoms with E-state index in [1.807, 2.05) is 72.8 Å². The standard InChI is InChI=1S/C22H31NO4S/c1-15-8-10-16(11-9-15)28(25,26)22-13-12-17(18(22)20(2,3)4)23(14-22)19(24)27-21(5,6)7/h8-13,17-18H,14H2,1-7H3/t17-,18-,22+/m1/s1. The van der Waals surface area contributed by atoms with Gasteiger partial charge in [0.2, 0.25) is 0 Å². The van der Waals surface area contributed by atoms with Crippen molar-refractivity contribution in [2.45, 2.75) is 69.8 Å². The molecule has 0 spiro atoms. The van der Waals surface area contributed by atoms with E-state index < -0.39 is 26.3 Å². The van der Waals surface area contributed by atoms with Gasteiger partial charge in [-0.25, -0.2) is 13.2 Å². The molecule has 28 heavy (non-hydrogen) atoms. The van der Waals surface area contributed by atoms with Crippen molar-refractivity contribution in [1.82, 2.24) is 4.90 Å². The molecule has 1 aromatic rings. The Bertz CT molecular complexity index is 903. The summed E-state index contributed by atoms with van der Waals surface area (Å²) in [7, 11) is -3.70. The number of amides is 1. The van der Waals surface area contributed by atoms with Crippen LogP contribution in [0.15, 0.2) is 41.3 Å². The molecule has 1 aliphatic heterocycles. The van der Waals surface area contributed by atoms with E-state index in [1.54, 1.807) is 17.0 Å². The summed E-state index contributed by atoms with van der Waals surface area (Å²) < 4.78 is 32.0. The van der Waals surface area contributed by atoms with E-state index in [9.17, 15) is 13.2 Å². The summed E-state index contributed by atoms with van der Waals surface area (Å²) in [4.78, 5) is 14.7. The van der Waals surface area contributed by atoms with Crippen molar-refractivity contribution in [3.05, 3.63) is 42.0 Å². The van der Waals surface area contributed by atoms with Gasteiger partial charge in [-0.05, 0) is 45.2 Å². The van der Waals surface area contributed by atoms with Gasteiger partial charge in [0.1, 0.15) is 10.3 Å². The molecule has 1 amide bonds. The van der Waals surface area contributed by atoms with Crippen LogP contribution in [0.2, 0.25) is 0 Å². The summed E-state index contributed by atoms with van der Waals surface area (Å²) in [6.45, 7) is 13.6. The monoisotopic (exact) mass is 405 g/mol. The molecule has 1 aromatic carbocycles. The minimum absolute atomic E-state index is 0.112. The molecule has 5 nitrogen and oxygen atoms in total. The van der Waals surface area contributed by atoms with Crippen molar-refractivity contribution in [1.29, 1.82) is 0 Å². The highest BCUT2D eigenvalue weighted by molar-refractivity contribution is 7.93. The lowest BCUT2D eigenvalue weighted by molar-refractivity contribution is 0.0222. The first-order valence-electron chi connectivity index (χ1n) is 9.69. The summed E-state index contributed by atoms with van der Waals surface area (Å²) in [5.74, 6) is -0.251. The van der Waals surface area contributed by atoms with Crippen molar-refractivity contribution in [2.75, 3.05) is 6.54 Å². The zero-order valence-electron chi connectivity index (χ0n) is 17.8. The number of hydrogen-bond acceptors (Lipinski definition) is 4. The fourth-order valence-electron chi connectivity index (χ4n) is 4.60. The maximum absolute atomic E-state index is 13.8. The first kappa shape index (κ1) is 20.9. The van der Waals surface area contributed by atoms with Crippen LogP contribution in [0.3, 0.4) is 0 Å². The Hall–Kier alpha value is -1.82. The van der Waals surface area contributed by atoms with Crippen molar-refractivity contribution in [3.63, 3.8) is 0 Å². The minimum Gasteiger partial charge on any atom is -0.444 e. The molecule has 3 rings (SSSR count). The Morgan fingerprint density at radius 1 is 1.11 bits per heavy atom. The Morgan fingerprint density at radius 2 is 1.68 bits per heavy atom. The number of nitrogens with zero attached hydrogens (tertiary/aromatic N) is 1. The van der Waals surface area contributed by atoms with Crippen molar-refractivity contribution in [2.24, 2.45) is 11.3 Å². The maximum atomic E-state index is 13.8. The summed E-state index contributed by atoms with van der Waals surface area (Å²) in [6, 6.07) is 6.65. The molecule has 3 atom stereocenters. The molecule has 0 radical (unpaired) electrons. The second-order valence-electron chi connectivity index (χ2n) is 10.1. The molecule has 6 heteroatoms. The van der Waals surface area contributed by atoms with E-state index in [-0.39, 0.29) is 23.9 Å². The van der Waals surface area contributed by atoms with Crippen LogP contribution in [-0.4, -0.2) is 42.3 Å². The Labute approximate surface area is 168 Å². The molecule has 0 aromatic heterocycles. The van der Waals surface area contributed by atoms with Crippen LogP contribution in [0, 0.1) is 18.3 Å². The zero-order chi connectivity index (χ0) is 21.1. The third-order valence-corrected chi connectivity index (χ3v) is 8.03. The first-order valence-corrected chi connectivity index (χ1v) is 11.2.